The van der Waals surface area contributed by atoms with Crippen molar-refractivity contribution in [3.05, 3.63) is 52.1 Å². The number of carbonyl (C=O) groups is 1. The van der Waals surface area contributed by atoms with Gasteiger partial charge in [-0.15, -0.1) is 21.5 Å². The van der Waals surface area contributed by atoms with Gasteiger partial charge in [0.25, 0.3) is 5.91 Å². The number of hydrogen-bond acceptors (Lipinski definition) is 4. The smallest absolute Gasteiger partial charge is 0.263 e. The van der Waals surface area contributed by atoms with E-state index in [1.54, 1.807) is 11.3 Å². The molecule has 3 aromatic heterocycles. The molecule has 23 heavy (non-hydrogen) atoms. The van der Waals surface area contributed by atoms with Crippen LogP contribution in [0.1, 0.15) is 39.1 Å². The molecule has 1 saturated heterocycles. The minimum atomic E-state index is 0.140. The number of amides is 1. The van der Waals surface area contributed by atoms with Gasteiger partial charge in [-0.3, -0.25) is 9.20 Å². The van der Waals surface area contributed by atoms with Crippen LogP contribution in [0.3, 0.4) is 0 Å². The average Bonchev–Trinajstić information content (AvgIpc) is 3.20. The first-order valence-corrected chi connectivity index (χ1v) is 8.69. The van der Waals surface area contributed by atoms with Gasteiger partial charge in [-0.2, -0.15) is 0 Å². The number of thiophene rings is 1. The minimum Gasteiger partial charge on any atom is -0.337 e. The SMILES string of the molecule is Cc1ccc(C(=O)N2CCCC(c3nnc4ccccn34)C2)s1. The summed E-state index contributed by atoms with van der Waals surface area (Å²) in [6.07, 6.45) is 4.04. The molecule has 3 aromatic rings. The van der Waals surface area contributed by atoms with Crippen LogP contribution in [0.4, 0.5) is 0 Å². The highest BCUT2D eigenvalue weighted by atomic mass is 32.1. The summed E-state index contributed by atoms with van der Waals surface area (Å²) in [5.41, 5.74) is 0.861. The topological polar surface area (TPSA) is 50.5 Å². The van der Waals surface area contributed by atoms with E-state index in [0.29, 0.717) is 6.54 Å². The maximum Gasteiger partial charge on any atom is 0.263 e. The fraction of sp³-hybridized carbons (Fsp3) is 0.353. The van der Waals surface area contributed by atoms with Crippen LogP contribution in [0.25, 0.3) is 5.65 Å². The molecule has 0 saturated carbocycles. The van der Waals surface area contributed by atoms with Crippen LogP contribution in [-0.2, 0) is 0 Å². The van der Waals surface area contributed by atoms with Gasteiger partial charge in [0.05, 0.1) is 4.88 Å². The Morgan fingerprint density at radius 1 is 1.26 bits per heavy atom. The van der Waals surface area contributed by atoms with Crippen molar-refractivity contribution in [1.82, 2.24) is 19.5 Å². The predicted molar refractivity (Wildman–Crippen MR) is 89.9 cm³/mol. The number of carbonyl (C=O) groups excluding carboxylic acids is 1. The Hall–Kier alpha value is -2.21. The molecular weight excluding hydrogens is 308 g/mol. The molecular formula is C17H18N4OS. The van der Waals surface area contributed by atoms with Crippen molar-refractivity contribution < 1.29 is 4.79 Å². The highest BCUT2D eigenvalue weighted by molar-refractivity contribution is 7.13. The fourth-order valence-electron chi connectivity index (χ4n) is 3.22. The number of hydrogen-bond donors (Lipinski definition) is 0. The molecule has 1 aliphatic heterocycles. The van der Waals surface area contributed by atoms with E-state index in [0.717, 1.165) is 35.7 Å². The first kappa shape index (κ1) is 14.4. The maximum absolute atomic E-state index is 12.7. The van der Waals surface area contributed by atoms with Crippen molar-refractivity contribution in [2.45, 2.75) is 25.7 Å². The zero-order valence-electron chi connectivity index (χ0n) is 13.0. The molecule has 0 N–H and O–H groups in total. The summed E-state index contributed by atoms with van der Waals surface area (Å²) in [5, 5.41) is 8.60. The Morgan fingerprint density at radius 3 is 3.00 bits per heavy atom. The molecule has 0 spiro atoms. The van der Waals surface area contributed by atoms with E-state index in [-0.39, 0.29) is 11.8 Å². The number of pyridine rings is 1. The van der Waals surface area contributed by atoms with Gasteiger partial charge in [0.2, 0.25) is 0 Å². The molecule has 6 heteroatoms. The van der Waals surface area contributed by atoms with Crippen molar-refractivity contribution in [1.29, 1.82) is 0 Å². The molecule has 4 heterocycles. The Labute approximate surface area is 138 Å². The van der Waals surface area contributed by atoms with E-state index in [9.17, 15) is 4.79 Å². The predicted octanol–water partition coefficient (Wildman–Crippen LogP) is 3.12. The van der Waals surface area contributed by atoms with Gasteiger partial charge in [-0.1, -0.05) is 6.07 Å². The second-order valence-corrected chi connectivity index (χ2v) is 7.28. The van der Waals surface area contributed by atoms with Crippen molar-refractivity contribution in [3.8, 4) is 0 Å². The Balaban J connectivity index is 1.58. The van der Waals surface area contributed by atoms with E-state index < -0.39 is 0 Å². The zero-order chi connectivity index (χ0) is 15.8. The lowest BCUT2D eigenvalue weighted by Gasteiger charge is -2.31. The molecule has 1 aliphatic rings. The highest BCUT2D eigenvalue weighted by Gasteiger charge is 2.28. The van der Waals surface area contributed by atoms with Crippen molar-refractivity contribution in [2.75, 3.05) is 13.1 Å². The summed E-state index contributed by atoms with van der Waals surface area (Å²) >= 11 is 1.57. The summed E-state index contributed by atoms with van der Waals surface area (Å²) in [7, 11) is 0. The van der Waals surface area contributed by atoms with E-state index >= 15 is 0 Å². The molecule has 0 radical (unpaired) electrons. The van der Waals surface area contributed by atoms with Gasteiger partial charge in [-0.05, 0) is 44.0 Å². The largest absolute Gasteiger partial charge is 0.337 e. The molecule has 1 unspecified atom stereocenters. The van der Waals surface area contributed by atoms with Crippen molar-refractivity contribution >= 4 is 22.9 Å². The maximum atomic E-state index is 12.7. The monoisotopic (exact) mass is 326 g/mol. The molecule has 118 valence electrons. The number of likely N-dealkylation sites (tertiary alicyclic amines) is 1. The summed E-state index contributed by atoms with van der Waals surface area (Å²) < 4.78 is 2.04. The van der Waals surface area contributed by atoms with Crippen LogP contribution < -0.4 is 0 Å². The number of aryl methyl sites for hydroxylation is 1. The zero-order valence-corrected chi connectivity index (χ0v) is 13.8. The van der Waals surface area contributed by atoms with Crippen LogP contribution in [-0.4, -0.2) is 38.5 Å². The van der Waals surface area contributed by atoms with Gasteiger partial charge in [0.1, 0.15) is 5.82 Å². The number of nitrogens with zero attached hydrogens (tertiary/aromatic N) is 4. The van der Waals surface area contributed by atoms with E-state index in [1.165, 1.54) is 4.88 Å². The Bertz CT molecular complexity index is 853. The second kappa shape index (κ2) is 5.77. The molecule has 1 atom stereocenters. The third-order valence-corrected chi connectivity index (χ3v) is 5.35. The lowest BCUT2D eigenvalue weighted by atomic mass is 9.97. The third-order valence-electron chi connectivity index (χ3n) is 4.36. The molecule has 0 bridgehead atoms. The van der Waals surface area contributed by atoms with E-state index in [2.05, 4.69) is 10.2 Å². The number of fused-ring (bicyclic) bond motifs is 1. The van der Waals surface area contributed by atoms with Crippen LogP contribution in [0.2, 0.25) is 0 Å². The van der Waals surface area contributed by atoms with Gasteiger partial charge in [0.15, 0.2) is 5.65 Å². The minimum absolute atomic E-state index is 0.140. The van der Waals surface area contributed by atoms with E-state index in [4.69, 9.17) is 0 Å². The van der Waals surface area contributed by atoms with Crippen LogP contribution in [0.15, 0.2) is 36.5 Å². The Morgan fingerprint density at radius 2 is 2.17 bits per heavy atom. The second-order valence-electron chi connectivity index (χ2n) is 5.99. The van der Waals surface area contributed by atoms with Crippen LogP contribution >= 0.6 is 11.3 Å². The normalized spacial score (nSPS) is 18.5. The quantitative estimate of drug-likeness (QED) is 0.727. The molecule has 1 amide bonds. The lowest BCUT2D eigenvalue weighted by Crippen LogP contribution is -2.39. The van der Waals surface area contributed by atoms with Crippen LogP contribution in [0.5, 0.6) is 0 Å². The van der Waals surface area contributed by atoms with Gasteiger partial charge < -0.3 is 4.90 Å². The number of piperidine rings is 1. The average molecular weight is 326 g/mol. The molecule has 0 aliphatic carbocycles. The molecule has 4 rings (SSSR count). The lowest BCUT2D eigenvalue weighted by molar-refractivity contribution is 0.0709. The summed E-state index contributed by atoms with van der Waals surface area (Å²) in [6, 6.07) is 9.84. The van der Waals surface area contributed by atoms with Gasteiger partial charge in [-0.25, -0.2) is 0 Å². The highest BCUT2D eigenvalue weighted by Crippen LogP contribution is 2.28. The first-order valence-electron chi connectivity index (χ1n) is 7.88. The van der Waals surface area contributed by atoms with Crippen molar-refractivity contribution in [2.24, 2.45) is 0 Å². The molecule has 1 fully saturated rings. The number of aromatic nitrogens is 3. The summed E-state index contributed by atoms with van der Waals surface area (Å²) in [6.45, 7) is 3.57. The fourth-order valence-corrected chi connectivity index (χ4v) is 4.05. The summed E-state index contributed by atoms with van der Waals surface area (Å²) in [5.74, 6) is 1.34. The summed E-state index contributed by atoms with van der Waals surface area (Å²) in [4.78, 5) is 16.6. The molecule has 5 nitrogen and oxygen atoms in total. The third kappa shape index (κ3) is 2.63. The van der Waals surface area contributed by atoms with Crippen molar-refractivity contribution in [3.63, 3.8) is 0 Å². The Kier molecular flexibility index (Phi) is 3.61. The van der Waals surface area contributed by atoms with Crippen LogP contribution in [0, 0.1) is 6.92 Å². The van der Waals surface area contributed by atoms with E-state index in [1.807, 2.05) is 52.8 Å². The molecule has 0 aromatic carbocycles. The first-order chi connectivity index (χ1) is 11.2. The standard InChI is InChI=1S/C17H18N4OS/c1-12-7-8-14(23-12)17(22)20-9-4-5-13(11-20)16-19-18-15-6-2-3-10-21(15)16/h2-3,6-8,10,13H,4-5,9,11H2,1H3. The number of rotatable bonds is 2. The van der Waals surface area contributed by atoms with Gasteiger partial charge >= 0.3 is 0 Å². The van der Waals surface area contributed by atoms with Gasteiger partial charge in [0, 0.05) is 30.1 Å².